The molecule has 0 fully saturated rings. The summed E-state index contributed by atoms with van der Waals surface area (Å²) in [6, 6.07) is 13.5. The molecule has 0 bridgehead atoms. The second kappa shape index (κ2) is 7.61. The van der Waals surface area contributed by atoms with Crippen LogP contribution in [-0.4, -0.2) is 28.2 Å². The summed E-state index contributed by atoms with van der Waals surface area (Å²) in [5.74, 6) is 0.545. The van der Waals surface area contributed by atoms with Gasteiger partial charge in [-0.15, -0.1) is 11.3 Å². The SMILES string of the molecule is COc1ccc(CNc2nc(CC(=O)O)nc3c2sc2ccccc23)cc1Cl. The number of rotatable bonds is 6. The first-order valence-corrected chi connectivity index (χ1v) is 9.71. The molecule has 0 saturated carbocycles. The number of nitrogens with one attached hydrogen (secondary N) is 1. The number of hydrogen-bond acceptors (Lipinski definition) is 6. The molecule has 0 unspecified atom stereocenters. The second-order valence-corrected chi connectivity index (χ2v) is 7.62. The number of ether oxygens (including phenoxy) is 1. The molecule has 142 valence electrons. The van der Waals surface area contributed by atoms with Gasteiger partial charge in [0.1, 0.15) is 23.8 Å². The molecule has 0 atom stereocenters. The molecule has 4 rings (SSSR count). The Bertz CT molecular complexity index is 1190. The molecule has 0 saturated heterocycles. The predicted octanol–water partition coefficient (Wildman–Crippen LogP) is 4.75. The van der Waals surface area contributed by atoms with Crippen molar-refractivity contribution in [2.24, 2.45) is 0 Å². The summed E-state index contributed by atoms with van der Waals surface area (Å²) < 4.78 is 7.16. The van der Waals surface area contributed by atoms with Crippen molar-refractivity contribution < 1.29 is 14.6 Å². The topological polar surface area (TPSA) is 84.3 Å². The van der Waals surface area contributed by atoms with Gasteiger partial charge in [-0.3, -0.25) is 4.79 Å². The van der Waals surface area contributed by atoms with E-state index in [2.05, 4.69) is 15.3 Å². The third-order valence-corrected chi connectivity index (χ3v) is 5.71. The van der Waals surface area contributed by atoms with Gasteiger partial charge in [0.2, 0.25) is 0 Å². The van der Waals surface area contributed by atoms with E-state index in [0.717, 1.165) is 25.9 Å². The number of benzene rings is 2. The molecular weight excluding hydrogens is 398 g/mol. The number of nitrogens with zero attached hydrogens (tertiary/aromatic N) is 2. The van der Waals surface area contributed by atoms with Crippen LogP contribution in [0.4, 0.5) is 5.82 Å². The summed E-state index contributed by atoms with van der Waals surface area (Å²) >= 11 is 7.78. The van der Waals surface area contributed by atoms with Gasteiger partial charge in [0.25, 0.3) is 0 Å². The number of halogens is 1. The van der Waals surface area contributed by atoms with Gasteiger partial charge in [0, 0.05) is 16.6 Å². The number of fused-ring (bicyclic) bond motifs is 3. The predicted molar refractivity (Wildman–Crippen MR) is 112 cm³/mol. The fourth-order valence-electron chi connectivity index (χ4n) is 2.98. The third kappa shape index (κ3) is 3.58. The normalized spacial score (nSPS) is 11.1. The van der Waals surface area contributed by atoms with Crippen LogP contribution >= 0.6 is 22.9 Å². The molecule has 28 heavy (non-hydrogen) atoms. The van der Waals surface area contributed by atoms with Crippen molar-refractivity contribution in [2.75, 3.05) is 12.4 Å². The molecule has 4 aromatic rings. The average molecular weight is 414 g/mol. The lowest BCUT2D eigenvalue weighted by Crippen LogP contribution is -2.08. The maximum atomic E-state index is 11.2. The largest absolute Gasteiger partial charge is 0.495 e. The molecule has 2 N–H and O–H groups in total. The van der Waals surface area contributed by atoms with Crippen LogP contribution in [0.2, 0.25) is 5.02 Å². The average Bonchev–Trinajstić information content (AvgIpc) is 3.04. The van der Waals surface area contributed by atoms with Crippen molar-refractivity contribution in [3.8, 4) is 5.75 Å². The van der Waals surface area contributed by atoms with Gasteiger partial charge in [-0.1, -0.05) is 35.9 Å². The van der Waals surface area contributed by atoms with E-state index in [1.807, 2.05) is 42.5 Å². The van der Waals surface area contributed by atoms with E-state index >= 15 is 0 Å². The van der Waals surface area contributed by atoms with Crippen molar-refractivity contribution in [1.29, 1.82) is 0 Å². The van der Waals surface area contributed by atoms with E-state index in [1.54, 1.807) is 18.4 Å². The van der Waals surface area contributed by atoms with Crippen molar-refractivity contribution in [2.45, 2.75) is 13.0 Å². The van der Waals surface area contributed by atoms with Crippen LogP contribution < -0.4 is 10.1 Å². The van der Waals surface area contributed by atoms with Crippen molar-refractivity contribution in [3.63, 3.8) is 0 Å². The first kappa shape index (κ1) is 18.5. The number of carboxylic acids is 1. The van der Waals surface area contributed by atoms with Crippen molar-refractivity contribution in [1.82, 2.24) is 9.97 Å². The Labute approximate surface area is 169 Å². The Hall–Kier alpha value is -2.90. The highest BCUT2D eigenvalue weighted by Gasteiger charge is 2.15. The molecular formula is C20H16ClN3O3S. The minimum absolute atomic E-state index is 0.233. The van der Waals surface area contributed by atoms with Crippen LogP contribution in [0.3, 0.4) is 0 Å². The number of aliphatic carboxylic acids is 1. The smallest absolute Gasteiger partial charge is 0.311 e. The standard InChI is InChI=1S/C20H16ClN3O3S/c1-27-14-7-6-11(8-13(14)21)10-22-20-19-18(23-16(24-20)9-17(25)26)12-4-2-3-5-15(12)28-19/h2-8H,9-10H2,1H3,(H,25,26)(H,22,23,24). The minimum atomic E-state index is -0.966. The highest BCUT2D eigenvalue weighted by atomic mass is 35.5. The monoisotopic (exact) mass is 413 g/mol. The highest BCUT2D eigenvalue weighted by molar-refractivity contribution is 7.26. The molecule has 0 aliphatic carbocycles. The summed E-state index contributed by atoms with van der Waals surface area (Å²) in [6.45, 7) is 0.483. The Morgan fingerprint density at radius 3 is 2.82 bits per heavy atom. The molecule has 0 aliphatic heterocycles. The minimum Gasteiger partial charge on any atom is -0.495 e. The third-order valence-electron chi connectivity index (χ3n) is 4.25. The maximum absolute atomic E-state index is 11.2. The Balaban J connectivity index is 1.74. The molecule has 2 aromatic heterocycles. The number of methoxy groups -OCH3 is 1. The van der Waals surface area contributed by atoms with Crippen LogP contribution in [0.5, 0.6) is 5.75 Å². The van der Waals surface area contributed by atoms with Gasteiger partial charge in [0.15, 0.2) is 0 Å². The van der Waals surface area contributed by atoms with Crippen LogP contribution in [0.1, 0.15) is 11.4 Å². The summed E-state index contributed by atoms with van der Waals surface area (Å²) in [5, 5.41) is 14.0. The summed E-state index contributed by atoms with van der Waals surface area (Å²) in [5.41, 5.74) is 1.72. The summed E-state index contributed by atoms with van der Waals surface area (Å²) in [7, 11) is 1.57. The van der Waals surface area contributed by atoms with E-state index in [-0.39, 0.29) is 12.2 Å². The van der Waals surface area contributed by atoms with E-state index in [0.29, 0.717) is 23.1 Å². The van der Waals surface area contributed by atoms with Crippen molar-refractivity contribution in [3.05, 3.63) is 58.9 Å². The van der Waals surface area contributed by atoms with Gasteiger partial charge in [-0.05, 0) is 23.8 Å². The fraction of sp³-hybridized carbons (Fsp3) is 0.150. The number of carboxylic acid groups (broad SMARTS) is 1. The number of aromatic nitrogens is 2. The van der Waals surface area contributed by atoms with Gasteiger partial charge in [-0.25, -0.2) is 9.97 Å². The molecule has 2 aromatic carbocycles. The highest BCUT2D eigenvalue weighted by Crippen LogP contribution is 2.36. The lowest BCUT2D eigenvalue weighted by molar-refractivity contribution is -0.136. The lowest BCUT2D eigenvalue weighted by Gasteiger charge is -2.10. The zero-order valence-corrected chi connectivity index (χ0v) is 16.5. The molecule has 0 spiro atoms. The maximum Gasteiger partial charge on any atom is 0.311 e. The zero-order chi connectivity index (χ0) is 19.7. The van der Waals surface area contributed by atoms with Crippen LogP contribution in [0.15, 0.2) is 42.5 Å². The van der Waals surface area contributed by atoms with E-state index in [1.165, 1.54) is 0 Å². The first-order chi connectivity index (χ1) is 13.5. The first-order valence-electron chi connectivity index (χ1n) is 8.51. The van der Waals surface area contributed by atoms with Crippen LogP contribution in [0, 0.1) is 0 Å². The van der Waals surface area contributed by atoms with Crippen LogP contribution in [0.25, 0.3) is 20.3 Å². The quantitative estimate of drug-likeness (QED) is 0.474. The van der Waals surface area contributed by atoms with E-state index in [4.69, 9.17) is 21.4 Å². The molecule has 0 radical (unpaired) electrons. The van der Waals surface area contributed by atoms with Gasteiger partial charge < -0.3 is 15.2 Å². The lowest BCUT2D eigenvalue weighted by atomic mass is 10.2. The molecule has 0 aliphatic rings. The second-order valence-electron chi connectivity index (χ2n) is 6.16. The van der Waals surface area contributed by atoms with E-state index in [9.17, 15) is 4.79 Å². The van der Waals surface area contributed by atoms with Crippen molar-refractivity contribution >= 4 is 55.0 Å². The molecule has 2 heterocycles. The van der Waals surface area contributed by atoms with Gasteiger partial charge in [0.05, 0.1) is 22.3 Å². The Morgan fingerprint density at radius 1 is 1.25 bits per heavy atom. The molecule has 6 nitrogen and oxygen atoms in total. The van der Waals surface area contributed by atoms with Gasteiger partial charge >= 0.3 is 5.97 Å². The fourth-order valence-corrected chi connectivity index (χ4v) is 4.37. The summed E-state index contributed by atoms with van der Waals surface area (Å²) in [4.78, 5) is 20.1. The molecule has 8 heteroatoms. The van der Waals surface area contributed by atoms with E-state index < -0.39 is 5.97 Å². The Morgan fingerprint density at radius 2 is 2.07 bits per heavy atom. The molecule has 0 amide bonds. The van der Waals surface area contributed by atoms with Gasteiger partial charge in [-0.2, -0.15) is 0 Å². The summed E-state index contributed by atoms with van der Waals surface area (Å²) in [6.07, 6.45) is -0.233. The number of hydrogen-bond donors (Lipinski definition) is 2. The van der Waals surface area contributed by atoms with Crippen LogP contribution in [-0.2, 0) is 17.8 Å². The zero-order valence-electron chi connectivity index (χ0n) is 14.9. The number of anilines is 1. The Kier molecular flexibility index (Phi) is 5.02. The number of thiophene rings is 1. The number of carbonyl (C=O) groups is 1.